The first-order chi connectivity index (χ1) is 14.5. The normalized spacial score (nSPS) is 18.4. The molecular weight excluding hydrogens is 380 g/mol. The van der Waals surface area contributed by atoms with Crippen LogP contribution in [0.3, 0.4) is 0 Å². The Morgan fingerprint density at radius 3 is 2.30 bits per heavy atom. The molecule has 0 atom stereocenters. The van der Waals surface area contributed by atoms with Gasteiger partial charge in [0.2, 0.25) is 5.91 Å². The van der Waals surface area contributed by atoms with Gasteiger partial charge >= 0.3 is 0 Å². The third-order valence-electron chi connectivity index (χ3n) is 6.39. The molecule has 2 saturated heterocycles. The number of hydrogen-bond donors (Lipinski definition) is 0. The number of benzene rings is 1. The highest BCUT2D eigenvalue weighted by Crippen LogP contribution is 2.30. The molecule has 3 rings (SSSR count). The highest BCUT2D eigenvalue weighted by molar-refractivity contribution is 5.95. The van der Waals surface area contributed by atoms with E-state index in [-0.39, 0.29) is 17.7 Å². The lowest BCUT2D eigenvalue weighted by atomic mass is 9.92. The second-order valence-electron chi connectivity index (χ2n) is 8.64. The number of hydrogen-bond acceptors (Lipinski definition) is 4. The summed E-state index contributed by atoms with van der Waals surface area (Å²) in [6.45, 7) is 8.01. The Balaban J connectivity index is 1.55. The predicted octanol–water partition coefficient (Wildman–Crippen LogP) is 3.98. The number of nitrogens with zero attached hydrogens (tertiary/aromatic N) is 2. The van der Waals surface area contributed by atoms with E-state index >= 15 is 0 Å². The molecule has 0 N–H and O–H groups in total. The van der Waals surface area contributed by atoms with Crippen molar-refractivity contribution >= 4 is 11.8 Å². The third kappa shape index (κ3) is 5.46. The van der Waals surface area contributed by atoms with Gasteiger partial charge in [-0.2, -0.15) is 0 Å². The van der Waals surface area contributed by atoms with Crippen LogP contribution in [-0.4, -0.2) is 61.5 Å². The summed E-state index contributed by atoms with van der Waals surface area (Å²) in [5.74, 6) is 2.29. The van der Waals surface area contributed by atoms with Crippen molar-refractivity contribution in [1.82, 2.24) is 9.80 Å². The van der Waals surface area contributed by atoms with Crippen molar-refractivity contribution < 1.29 is 19.1 Å². The fourth-order valence-electron chi connectivity index (χ4n) is 4.25. The molecule has 2 amide bonds. The second kappa shape index (κ2) is 10.7. The largest absolute Gasteiger partial charge is 0.493 e. The van der Waals surface area contributed by atoms with Gasteiger partial charge < -0.3 is 19.3 Å². The van der Waals surface area contributed by atoms with Gasteiger partial charge in [-0.1, -0.05) is 20.3 Å². The van der Waals surface area contributed by atoms with Gasteiger partial charge in [0.05, 0.1) is 13.7 Å². The molecule has 0 bridgehead atoms. The Morgan fingerprint density at radius 1 is 1.00 bits per heavy atom. The first-order valence-electron chi connectivity index (χ1n) is 11.4. The summed E-state index contributed by atoms with van der Waals surface area (Å²) in [5.41, 5.74) is 0.601. The van der Waals surface area contributed by atoms with E-state index in [0.717, 1.165) is 51.6 Å². The van der Waals surface area contributed by atoms with Crippen molar-refractivity contribution in [2.45, 2.75) is 52.4 Å². The number of piperidine rings is 2. The molecule has 6 nitrogen and oxygen atoms in total. The summed E-state index contributed by atoms with van der Waals surface area (Å²) in [6, 6.07) is 5.38. The average molecular weight is 417 g/mol. The van der Waals surface area contributed by atoms with E-state index in [1.54, 1.807) is 19.2 Å². The van der Waals surface area contributed by atoms with Crippen LogP contribution in [0.15, 0.2) is 18.2 Å². The number of carbonyl (C=O) groups is 2. The van der Waals surface area contributed by atoms with E-state index < -0.39 is 0 Å². The van der Waals surface area contributed by atoms with Crippen LogP contribution in [0.1, 0.15) is 62.7 Å². The van der Waals surface area contributed by atoms with Crippen LogP contribution < -0.4 is 9.47 Å². The summed E-state index contributed by atoms with van der Waals surface area (Å²) in [4.78, 5) is 29.7. The van der Waals surface area contributed by atoms with Gasteiger partial charge in [-0.25, -0.2) is 0 Å². The minimum Gasteiger partial charge on any atom is -0.493 e. The molecule has 2 heterocycles. The lowest BCUT2D eigenvalue weighted by Gasteiger charge is -2.36. The highest BCUT2D eigenvalue weighted by Gasteiger charge is 2.32. The van der Waals surface area contributed by atoms with Crippen LogP contribution in [0.25, 0.3) is 0 Å². The number of carbonyl (C=O) groups excluding carboxylic acids is 2. The van der Waals surface area contributed by atoms with Gasteiger partial charge in [0.15, 0.2) is 11.5 Å². The minimum atomic E-state index is -0.00824. The fraction of sp³-hybridized carbons (Fsp3) is 0.667. The van der Waals surface area contributed by atoms with Crippen LogP contribution in [-0.2, 0) is 4.79 Å². The molecule has 0 unspecified atom stereocenters. The van der Waals surface area contributed by atoms with Crippen molar-refractivity contribution in [2.75, 3.05) is 39.9 Å². The van der Waals surface area contributed by atoms with E-state index in [2.05, 4.69) is 13.8 Å². The van der Waals surface area contributed by atoms with Crippen molar-refractivity contribution in [1.29, 1.82) is 0 Å². The van der Waals surface area contributed by atoms with E-state index in [4.69, 9.17) is 9.47 Å². The van der Waals surface area contributed by atoms with Gasteiger partial charge in [0.25, 0.3) is 5.91 Å². The maximum absolute atomic E-state index is 13.0. The van der Waals surface area contributed by atoms with E-state index in [1.165, 1.54) is 0 Å². The van der Waals surface area contributed by atoms with E-state index in [1.807, 2.05) is 15.9 Å². The molecule has 2 fully saturated rings. The van der Waals surface area contributed by atoms with Gasteiger partial charge in [-0.05, 0) is 56.2 Å². The maximum atomic E-state index is 13.0. The maximum Gasteiger partial charge on any atom is 0.253 e. The Labute approximate surface area is 180 Å². The van der Waals surface area contributed by atoms with Crippen LogP contribution in [0.2, 0.25) is 0 Å². The topological polar surface area (TPSA) is 59.1 Å². The lowest BCUT2D eigenvalue weighted by molar-refractivity contribution is -0.138. The molecule has 2 aliphatic heterocycles. The molecule has 0 saturated carbocycles. The Bertz CT molecular complexity index is 720. The molecule has 0 spiro atoms. The molecular formula is C24H36N2O4. The Morgan fingerprint density at radius 2 is 1.67 bits per heavy atom. The summed E-state index contributed by atoms with van der Waals surface area (Å²) >= 11 is 0. The summed E-state index contributed by atoms with van der Waals surface area (Å²) in [6.07, 6.45) is 5.73. The number of ether oxygens (including phenoxy) is 2. The molecule has 2 aliphatic rings. The Kier molecular flexibility index (Phi) is 8.00. The average Bonchev–Trinajstić information content (AvgIpc) is 2.79. The predicted molar refractivity (Wildman–Crippen MR) is 117 cm³/mol. The standard InChI is InChI=1S/C24H36N2O4/c1-4-5-16-30-21-7-6-20(17-22(21)29-3)24(28)26-14-10-19(11-15-26)23(27)25-12-8-18(2)9-13-25/h6-7,17-19H,4-5,8-16H2,1-3H3. The zero-order chi connectivity index (χ0) is 21.5. The zero-order valence-electron chi connectivity index (χ0n) is 18.7. The van der Waals surface area contributed by atoms with Crippen molar-refractivity contribution in [2.24, 2.45) is 11.8 Å². The summed E-state index contributed by atoms with van der Waals surface area (Å²) < 4.78 is 11.2. The molecule has 166 valence electrons. The van der Waals surface area contributed by atoms with Crippen molar-refractivity contribution in [3.05, 3.63) is 23.8 Å². The van der Waals surface area contributed by atoms with Crippen LogP contribution in [0, 0.1) is 11.8 Å². The number of amides is 2. The molecule has 1 aromatic carbocycles. The molecule has 6 heteroatoms. The SMILES string of the molecule is CCCCOc1ccc(C(=O)N2CCC(C(=O)N3CCC(C)CC3)CC2)cc1OC. The monoisotopic (exact) mass is 416 g/mol. The molecule has 30 heavy (non-hydrogen) atoms. The zero-order valence-corrected chi connectivity index (χ0v) is 18.7. The van der Waals surface area contributed by atoms with Gasteiger partial charge in [-0.15, -0.1) is 0 Å². The molecule has 0 aromatic heterocycles. The number of likely N-dealkylation sites (tertiary alicyclic amines) is 2. The van der Waals surface area contributed by atoms with Crippen LogP contribution >= 0.6 is 0 Å². The van der Waals surface area contributed by atoms with Crippen LogP contribution in [0.4, 0.5) is 0 Å². The summed E-state index contributed by atoms with van der Waals surface area (Å²) in [7, 11) is 1.59. The lowest BCUT2D eigenvalue weighted by Crippen LogP contribution is -2.46. The van der Waals surface area contributed by atoms with Gasteiger partial charge in [0.1, 0.15) is 0 Å². The van der Waals surface area contributed by atoms with Crippen molar-refractivity contribution in [3.63, 3.8) is 0 Å². The van der Waals surface area contributed by atoms with Gasteiger partial charge in [0, 0.05) is 37.7 Å². The molecule has 1 aromatic rings. The third-order valence-corrected chi connectivity index (χ3v) is 6.39. The quantitative estimate of drug-likeness (QED) is 0.631. The number of methoxy groups -OCH3 is 1. The highest BCUT2D eigenvalue weighted by atomic mass is 16.5. The first-order valence-corrected chi connectivity index (χ1v) is 11.4. The van der Waals surface area contributed by atoms with Gasteiger partial charge in [-0.3, -0.25) is 9.59 Å². The van der Waals surface area contributed by atoms with Crippen molar-refractivity contribution in [3.8, 4) is 11.5 Å². The number of unbranched alkanes of at least 4 members (excludes halogenated alkanes) is 1. The molecule has 0 aliphatic carbocycles. The molecule has 0 radical (unpaired) electrons. The first kappa shape index (κ1) is 22.4. The number of rotatable bonds is 7. The van der Waals surface area contributed by atoms with E-state index in [9.17, 15) is 9.59 Å². The minimum absolute atomic E-state index is 0.00824. The second-order valence-corrected chi connectivity index (χ2v) is 8.64. The smallest absolute Gasteiger partial charge is 0.253 e. The fourth-order valence-corrected chi connectivity index (χ4v) is 4.25. The van der Waals surface area contributed by atoms with Crippen LogP contribution in [0.5, 0.6) is 11.5 Å². The van der Waals surface area contributed by atoms with E-state index in [0.29, 0.717) is 42.7 Å². The Hall–Kier alpha value is -2.24. The summed E-state index contributed by atoms with van der Waals surface area (Å²) in [5, 5.41) is 0.